The fraction of sp³-hybridized carbons (Fsp3) is 0.200. The molecule has 1 N–H and O–H groups in total. The van der Waals surface area contributed by atoms with E-state index < -0.39 is 0 Å². The number of hydrogen-bond donors (Lipinski definition) is 1. The molecule has 1 atom stereocenters. The minimum absolute atomic E-state index is 0.00644. The number of pyridine rings is 1. The van der Waals surface area contributed by atoms with Crippen LogP contribution in [0, 0.1) is 0 Å². The molecule has 3 aromatic rings. The number of para-hydroxylation sites is 1. The quantitative estimate of drug-likeness (QED) is 0.792. The Hall–Kier alpha value is -2.33. The van der Waals surface area contributed by atoms with Gasteiger partial charge >= 0.3 is 0 Å². The van der Waals surface area contributed by atoms with E-state index in [4.69, 9.17) is 0 Å². The molecule has 4 heteroatoms. The second-order valence-corrected chi connectivity index (χ2v) is 7.20. The van der Waals surface area contributed by atoms with Gasteiger partial charge in [0.1, 0.15) is 0 Å². The summed E-state index contributed by atoms with van der Waals surface area (Å²) in [5, 5.41) is 4.22. The third-order valence-corrected chi connectivity index (χ3v) is 5.67. The molecule has 120 valence electrons. The van der Waals surface area contributed by atoms with Gasteiger partial charge in [0.25, 0.3) is 0 Å². The smallest absolute Gasteiger partial charge is 0.233 e. The average Bonchev–Trinajstić information content (AvgIpc) is 3.06. The molecular weight excluding hydrogens is 316 g/mol. The second kappa shape index (κ2) is 6.65. The summed E-state index contributed by atoms with van der Waals surface area (Å²) in [7, 11) is 0. The van der Waals surface area contributed by atoms with E-state index in [0.29, 0.717) is 6.54 Å². The van der Waals surface area contributed by atoms with Crippen molar-refractivity contribution in [2.45, 2.75) is 23.0 Å². The lowest BCUT2D eigenvalue weighted by atomic mass is 10.1. The molecular formula is C20H18N2OS. The highest BCUT2D eigenvalue weighted by Gasteiger charge is 2.27. The third kappa shape index (κ3) is 3.02. The van der Waals surface area contributed by atoms with Crippen LogP contribution in [0.4, 0.5) is 0 Å². The molecule has 0 saturated carbocycles. The molecule has 0 radical (unpaired) electrons. The van der Waals surface area contributed by atoms with Gasteiger partial charge in [-0.05, 0) is 36.1 Å². The van der Waals surface area contributed by atoms with Crippen molar-refractivity contribution in [2.24, 2.45) is 0 Å². The molecule has 1 aromatic heterocycles. The maximum Gasteiger partial charge on any atom is 0.233 e. The molecule has 1 aliphatic rings. The summed E-state index contributed by atoms with van der Waals surface area (Å²) in [6.45, 7) is 0.641. The summed E-state index contributed by atoms with van der Waals surface area (Å²) >= 11 is 1.67. The minimum Gasteiger partial charge on any atom is -0.355 e. The van der Waals surface area contributed by atoms with E-state index in [1.165, 1.54) is 16.0 Å². The van der Waals surface area contributed by atoms with Crippen molar-refractivity contribution >= 4 is 28.6 Å². The molecule has 4 rings (SSSR count). The van der Waals surface area contributed by atoms with Gasteiger partial charge in [-0.1, -0.05) is 42.5 Å². The maximum absolute atomic E-state index is 12.4. The number of amides is 1. The molecule has 3 nitrogen and oxygen atoms in total. The zero-order valence-corrected chi connectivity index (χ0v) is 14.1. The van der Waals surface area contributed by atoms with Gasteiger partial charge in [0.15, 0.2) is 0 Å². The molecule has 2 aromatic carbocycles. The number of thioether (sulfide) groups is 1. The minimum atomic E-state index is -0.00644. The predicted molar refractivity (Wildman–Crippen MR) is 98.2 cm³/mol. The normalized spacial score (nSPS) is 16.1. The lowest BCUT2D eigenvalue weighted by Crippen LogP contribution is -2.33. The number of aromatic nitrogens is 1. The molecule has 0 bridgehead atoms. The van der Waals surface area contributed by atoms with Crippen LogP contribution in [0.2, 0.25) is 0 Å². The molecule has 0 saturated heterocycles. The number of rotatable bonds is 4. The highest BCUT2D eigenvalue weighted by molar-refractivity contribution is 8.01. The van der Waals surface area contributed by atoms with Crippen molar-refractivity contribution in [1.29, 1.82) is 0 Å². The van der Waals surface area contributed by atoms with Gasteiger partial charge in [-0.3, -0.25) is 9.78 Å². The molecule has 0 spiro atoms. The average molecular weight is 334 g/mol. The summed E-state index contributed by atoms with van der Waals surface area (Å²) in [6.07, 6.45) is 3.43. The molecule has 24 heavy (non-hydrogen) atoms. The number of benzene rings is 2. The first kappa shape index (κ1) is 15.2. The van der Waals surface area contributed by atoms with E-state index in [-0.39, 0.29) is 11.2 Å². The third-order valence-electron chi connectivity index (χ3n) is 4.35. The Kier molecular flexibility index (Phi) is 4.22. The number of carbonyl (C=O) groups is 1. The van der Waals surface area contributed by atoms with Crippen LogP contribution in [-0.4, -0.2) is 22.7 Å². The second-order valence-electron chi connectivity index (χ2n) is 5.95. The number of fused-ring (bicyclic) bond motifs is 2. The first-order valence-corrected chi connectivity index (χ1v) is 9.04. The molecule has 1 amide bonds. The summed E-state index contributed by atoms with van der Waals surface area (Å²) in [5.41, 5.74) is 3.48. The van der Waals surface area contributed by atoms with E-state index in [1.807, 2.05) is 30.5 Å². The van der Waals surface area contributed by atoms with Crippen LogP contribution in [0.25, 0.3) is 10.9 Å². The summed E-state index contributed by atoms with van der Waals surface area (Å²) in [6, 6.07) is 18.5. The molecule has 0 fully saturated rings. The number of hydrogen-bond acceptors (Lipinski definition) is 3. The Bertz CT molecular complexity index is 863. The van der Waals surface area contributed by atoms with Crippen molar-refractivity contribution < 1.29 is 4.79 Å². The molecule has 0 aliphatic carbocycles. The SMILES string of the molecule is O=C(NCCc1cccc2cccnc12)C1Cc2ccccc2S1. The van der Waals surface area contributed by atoms with Crippen LogP contribution >= 0.6 is 11.8 Å². The largest absolute Gasteiger partial charge is 0.355 e. The van der Waals surface area contributed by atoms with E-state index in [1.54, 1.807) is 11.8 Å². The fourth-order valence-electron chi connectivity index (χ4n) is 3.13. The maximum atomic E-state index is 12.4. The summed E-state index contributed by atoms with van der Waals surface area (Å²) in [5.74, 6) is 0.129. The van der Waals surface area contributed by atoms with Crippen LogP contribution in [0.15, 0.2) is 65.7 Å². The Morgan fingerprint density at radius 1 is 1.12 bits per heavy atom. The van der Waals surface area contributed by atoms with Crippen molar-refractivity contribution in [1.82, 2.24) is 10.3 Å². The van der Waals surface area contributed by atoms with Gasteiger partial charge in [-0.25, -0.2) is 0 Å². The van der Waals surface area contributed by atoms with Crippen LogP contribution in [-0.2, 0) is 17.6 Å². The van der Waals surface area contributed by atoms with E-state index in [2.05, 4.69) is 40.6 Å². The lowest BCUT2D eigenvalue weighted by molar-refractivity contribution is -0.120. The Labute approximate surface area is 145 Å². The van der Waals surface area contributed by atoms with Crippen molar-refractivity contribution in [3.05, 3.63) is 71.9 Å². The molecule has 2 heterocycles. The zero-order valence-electron chi connectivity index (χ0n) is 13.2. The van der Waals surface area contributed by atoms with Crippen molar-refractivity contribution in [2.75, 3.05) is 6.54 Å². The van der Waals surface area contributed by atoms with Crippen molar-refractivity contribution in [3.63, 3.8) is 0 Å². The first-order valence-electron chi connectivity index (χ1n) is 8.16. The van der Waals surface area contributed by atoms with E-state index >= 15 is 0 Å². The zero-order chi connectivity index (χ0) is 16.4. The number of carbonyl (C=O) groups excluding carboxylic acids is 1. The highest BCUT2D eigenvalue weighted by Crippen LogP contribution is 2.36. The predicted octanol–water partition coefficient (Wildman–Crippen LogP) is 3.61. The Morgan fingerprint density at radius 2 is 2.00 bits per heavy atom. The van der Waals surface area contributed by atoms with Crippen LogP contribution in [0.3, 0.4) is 0 Å². The van der Waals surface area contributed by atoms with Crippen LogP contribution in [0.5, 0.6) is 0 Å². The van der Waals surface area contributed by atoms with E-state index in [9.17, 15) is 4.79 Å². The van der Waals surface area contributed by atoms with Gasteiger partial charge in [-0.2, -0.15) is 0 Å². The highest BCUT2D eigenvalue weighted by atomic mass is 32.2. The van der Waals surface area contributed by atoms with Gasteiger partial charge in [0, 0.05) is 23.0 Å². The van der Waals surface area contributed by atoms with Crippen LogP contribution < -0.4 is 5.32 Å². The lowest BCUT2D eigenvalue weighted by Gasteiger charge is -2.10. The number of nitrogens with one attached hydrogen (secondary N) is 1. The summed E-state index contributed by atoms with van der Waals surface area (Å²) in [4.78, 5) is 18.1. The van der Waals surface area contributed by atoms with Gasteiger partial charge in [0.05, 0.1) is 10.8 Å². The van der Waals surface area contributed by atoms with Gasteiger partial charge < -0.3 is 5.32 Å². The topological polar surface area (TPSA) is 42.0 Å². The van der Waals surface area contributed by atoms with Gasteiger partial charge in [-0.15, -0.1) is 11.8 Å². The molecule has 1 aliphatic heterocycles. The van der Waals surface area contributed by atoms with E-state index in [0.717, 1.165) is 23.7 Å². The fourth-order valence-corrected chi connectivity index (χ4v) is 4.35. The Balaban J connectivity index is 1.37. The number of nitrogens with zero attached hydrogens (tertiary/aromatic N) is 1. The first-order chi connectivity index (χ1) is 11.8. The molecule has 1 unspecified atom stereocenters. The van der Waals surface area contributed by atoms with Gasteiger partial charge in [0.2, 0.25) is 5.91 Å². The standard InChI is InChI=1S/C20H18N2OS/c23-20(18-13-16-5-1-2-9-17(16)24-18)22-12-10-15-7-3-6-14-8-4-11-21-19(14)15/h1-9,11,18H,10,12-13H2,(H,22,23). The summed E-state index contributed by atoms with van der Waals surface area (Å²) < 4.78 is 0. The Morgan fingerprint density at radius 3 is 2.92 bits per heavy atom. The monoisotopic (exact) mass is 334 g/mol. The van der Waals surface area contributed by atoms with Crippen molar-refractivity contribution in [3.8, 4) is 0 Å². The van der Waals surface area contributed by atoms with Crippen LogP contribution in [0.1, 0.15) is 11.1 Å².